The topological polar surface area (TPSA) is 74.3 Å². The lowest BCUT2D eigenvalue weighted by atomic mass is 10.2. The molecule has 0 unspecified atom stereocenters. The number of methoxy groups -OCH3 is 1. The predicted octanol–water partition coefficient (Wildman–Crippen LogP) is 1.39. The van der Waals surface area contributed by atoms with Gasteiger partial charge in [0, 0.05) is 20.7 Å². The maximum atomic E-state index is 4.99. The molecule has 2 aromatic rings. The molecule has 0 aliphatic carbocycles. The summed E-state index contributed by atoms with van der Waals surface area (Å²) in [5.41, 5.74) is 2.13. The van der Waals surface area contributed by atoms with E-state index in [1.807, 2.05) is 24.4 Å². The molecule has 112 valence electrons. The van der Waals surface area contributed by atoms with E-state index in [0.29, 0.717) is 19.7 Å². The average Bonchev–Trinajstić information content (AvgIpc) is 3.00. The highest BCUT2D eigenvalue weighted by atomic mass is 16.5. The molecule has 0 spiro atoms. The molecule has 0 bridgehead atoms. The summed E-state index contributed by atoms with van der Waals surface area (Å²) < 4.78 is 4.99. The smallest absolute Gasteiger partial charge is 0.191 e. The first-order valence-electron chi connectivity index (χ1n) is 6.86. The SMILES string of the molecule is CN=C(NCCOC)NCc1ncc(-c2ccccc2)[nH]1. The summed E-state index contributed by atoms with van der Waals surface area (Å²) in [5.74, 6) is 1.59. The van der Waals surface area contributed by atoms with Crippen LogP contribution in [0, 0.1) is 0 Å². The van der Waals surface area contributed by atoms with E-state index in [1.54, 1.807) is 14.2 Å². The molecule has 0 fully saturated rings. The van der Waals surface area contributed by atoms with Gasteiger partial charge in [-0.1, -0.05) is 30.3 Å². The molecule has 21 heavy (non-hydrogen) atoms. The van der Waals surface area contributed by atoms with Crippen LogP contribution in [0.4, 0.5) is 0 Å². The Morgan fingerprint density at radius 1 is 1.29 bits per heavy atom. The highest BCUT2D eigenvalue weighted by molar-refractivity contribution is 5.79. The zero-order valence-corrected chi connectivity index (χ0v) is 12.4. The van der Waals surface area contributed by atoms with Gasteiger partial charge in [0.05, 0.1) is 25.0 Å². The number of rotatable bonds is 6. The Bertz CT molecular complexity index is 564. The van der Waals surface area contributed by atoms with Gasteiger partial charge in [-0.15, -0.1) is 0 Å². The molecule has 0 radical (unpaired) electrons. The number of nitrogens with zero attached hydrogens (tertiary/aromatic N) is 2. The molecule has 3 N–H and O–H groups in total. The highest BCUT2D eigenvalue weighted by Crippen LogP contribution is 2.15. The predicted molar refractivity (Wildman–Crippen MR) is 84.1 cm³/mol. The van der Waals surface area contributed by atoms with E-state index in [9.17, 15) is 0 Å². The molecule has 0 saturated carbocycles. The molecule has 6 heteroatoms. The molecule has 6 nitrogen and oxygen atoms in total. The molecular formula is C15H21N5O. The van der Waals surface area contributed by atoms with Crippen molar-refractivity contribution in [2.75, 3.05) is 27.3 Å². The van der Waals surface area contributed by atoms with Gasteiger partial charge in [-0.2, -0.15) is 0 Å². The number of imidazole rings is 1. The maximum Gasteiger partial charge on any atom is 0.191 e. The van der Waals surface area contributed by atoms with Gasteiger partial charge < -0.3 is 20.4 Å². The number of hydrogen-bond donors (Lipinski definition) is 3. The van der Waals surface area contributed by atoms with Crippen LogP contribution in [0.15, 0.2) is 41.5 Å². The number of H-pyrrole nitrogens is 1. The van der Waals surface area contributed by atoms with Crippen LogP contribution in [0.3, 0.4) is 0 Å². The van der Waals surface area contributed by atoms with Crippen molar-refractivity contribution in [3.05, 3.63) is 42.4 Å². The van der Waals surface area contributed by atoms with Crippen LogP contribution in [0.2, 0.25) is 0 Å². The normalized spacial score (nSPS) is 11.4. The lowest BCUT2D eigenvalue weighted by Gasteiger charge is -2.10. The number of hydrogen-bond acceptors (Lipinski definition) is 3. The molecular weight excluding hydrogens is 266 g/mol. The van der Waals surface area contributed by atoms with Gasteiger partial charge in [0.2, 0.25) is 0 Å². The second-order valence-electron chi connectivity index (χ2n) is 4.45. The van der Waals surface area contributed by atoms with Gasteiger partial charge in [-0.05, 0) is 5.56 Å². The third-order valence-corrected chi connectivity index (χ3v) is 2.96. The van der Waals surface area contributed by atoms with Crippen molar-refractivity contribution >= 4 is 5.96 Å². The van der Waals surface area contributed by atoms with E-state index in [1.165, 1.54) is 0 Å². The third kappa shape index (κ3) is 4.61. The van der Waals surface area contributed by atoms with Crippen LogP contribution in [0.1, 0.15) is 5.82 Å². The quantitative estimate of drug-likeness (QED) is 0.426. The van der Waals surface area contributed by atoms with Crippen molar-refractivity contribution in [1.82, 2.24) is 20.6 Å². The first-order chi connectivity index (χ1) is 10.3. The summed E-state index contributed by atoms with van der Waals surface area (Å²) in [4.78, 5) is 11.8. The standard InChI is InChI=1S/C15H21N5O/c1-16-15(17-8-9-21-2)19-11-14-18-10-13(20-14)12-6-4-3-5-7-12/h3-7,10H,8-9,11H2,1-2H3,(H,18,20)(H2,16,17,19). The van der Waals surface area contributed by atoms with Gasteiger partial charge in [0.25, 0.3) is 0 Å². The minimum absolute atomic E-state index is 0.583. The first-order valence-corrected chi connectivity index (χ1v) is 6.86. The van der Waals surface area contributed by atoms with Crippen LogP contribution >= 0.6 is 0 Å². The zero-order valence-electron chi connectivity index (χ0n) is 12.4. The van der Waals surface area contributed by atoms with Crippen molar-refractivity contribution in [3.8, 4) is 11.3 Å². The van der Waals surface area contributed by atoms with Crippen LogP contribution in [0.5, 0.6) is 0 Å². The Balaban J connectivity index is 1.88. The van der Waals surface area contributed by atoms with E-state index in [4.69, 9.17) is 4.74 Å². The molecule has 0 saturated heterocycles. The number of benzene rings is 1. The fourth-order valence-corrected chi connectivity index (χ4v) is 1.88. The van der Waals surface area contributed by atoms with Gasteiger partial charge >= 0.3 is 0 Å². The molecule has 0 aliphatic rings. The van der Waals surface area contributed by atoms with Crippen molar-refractivity contribution < 1.29 is 4.74 Å². The second-order valence-corrected chi connectivity index (χ2v) is 4.45. The maximum absolute atomic E-state index is 4.99. The fourth-order valence-electron chi connectivity index (χ4n) is 1.88. The van der Waals surface area contributed by atoms with Gasteiger partial charge in [-0.25, -0.2) is 4.98 Å². The summed E-state index contributed by atoms with van der Waals surface area (Å²) >= 11 is 0. The van der Waals surface area contributed by atoms with E-state index < -0.39 is 0 Å². The number of aromatic amines is 1. The molecule has 0 atom stereocenters. The van der Waals surface area contributed by atoms with Crippen molar-refractivity contribution in [2.24, 2.45) is 4.99 Å². The molecule has 1 aromatic carbocycles. The van der Waals surface area contributed by atoms with Crippen molar-refractivity contribution in [3.63, 3.8) is 0 Å². The van der Waals surface area contributed by atoms with Gasteiger partial charge in [0.1, 0.15) is 5.82 Å². The van der Waals surface area contributed by atoms with E-state index in [0.717, 1.165) is 23.0 Å². The Hall–Kier alpha value is -2.34. The monoisotopic (exact) mass is 287 g/mol. The molecule has 2 rings (SSSR count). The number of guanidine groups is 1. The highest BCUT2D eigenvalue weighted by Gasteiger charge is 2.03. The lowest BCUT2D eigenvalue weighted by Crippen LogP contribution is -2.38. The lowest BCUT2D eigenvalue weighted by molar-refractivity contribution is 0.203. The molecule has 1 aromatic heterocycles. The number of aliphatic imine (C=N–C) groups is 1. The largest absolute Gasteiger partial charge is 0.383 e. The van der Waals surface area contributed by atoms with Crippen LogP contribution < -0.4 is 10.6 Å². The summed E-state index contributed by atoms with van der Waals surface area (Å²) in [6, 6.07) is 10.1. The summed E-state index contributed by atoms with van der Waals surface area (Å²) in [6.07, 6.45) is 1.84. The fraction of sp³-hybridized carbons (Fsp3) is 0.333. The zero-order chi connectivity index (χ0) is 14.9. The van der Waals surface area contributed by atoms with E-state index >= 15 is 0 Å². The van der Waals surface area contributed by atoms with Crippen LogP contribution in [-0.2, 0) is 11.3 Å². The van der Waals surface area contributed by atoms with E-state index in [2.05, 4.69) is 37.7 Å². The second kappa shape index (κ2) is 8.06. The van der Waals surface area contributed by atoms with Crippen molar-refractivity contribution in [2.45, 2.75) is 6.54 Å². The molecule has 1 heterocycles. The minimum atomic E-state index is 0.583. The third-order valence-electron chi connectivity index (χ3n) is 2.96. The number of aromatic nitrogens is 2. The summed E-state index contributed by atoms with van der Waals surface area (Å²) in [5, 5.41) is 6.35. The Kier molecular flexibility index (Phi) is 5.78. The minimum Gasteiger partial charge on any atom is -0.383 e. The Morgan fingerprint density at radius 3 is 2.81 bits per heavy atom. The molecule has 0 amide bonds. The Morgan fingerprint density at radius 2 is 2.10 bits per heavy atom. The molecule has 0 aliphatic heterocycles. The van der Waals surface area contributed by atoms with Gasteiger partial charge in [-0.3, -0.25) is 4.99 Å². The summed E-state index contributed by atoms with van der Waals surface area (Å²) in [6.45, 7) is 1.93. The van der Waals surface area contributed by atoms with Gasteiger partial charge in [0.15, 0.2) is 5.96 Å². The van der Waals surface area contributed by atoms with Crippen molar-refractivity contribution in [1.29, 1.82) is 0 Å². The van der Waals surface area contributed by atoms with Crippen LogP contribution in [0.25, 0.3) is 11.3 Å². The number of ether oxygens (including phenoxy) is 1. The summed E-state index contributed by atoms with van der Waals surface area (Å²) in [7, 11) is 3.41. The number of nitrogens with one attached hydrogen (secondary N) is 3. The van der Waals surface area contributed by atoms with Crippen LogP contribution in [-0.4, -0.2) is 43.2 Å². The average molecular weight is 287 g/mol. The Labute approximate surface area is 124 Å². The van der Waals surface area contributed by atoms with E-state index in [-0.39, 0.29) is 0 Å². The first kappa shape index (κ1) is 15.1.